The maximum Gasteiger partial charge on any atom is 0.150 e. The molecule has 1 heterocycles. The summed E-state index contributed by atoms with van der Waals surface area (Å²) in [5.74, 6) is 0. The van der Waals surface area contributed by atoms with E-state index in [1.54, 1.807) is 4.68 Å². The average Bonchev–Trinajstić information content (AvgIpc) is 2.66. The van der Waals surface area contributed by atoms with Gasteiger partial charge in [0.25, 0.3) is 0 Å². The van der Waals surface area contributed by atoms with E-state index in [1.807, 2.05) is 46.8 Å². The third-order valence-electron chi connectivity index (χ3n) is 3.23. The molecule has 0 saturated heterocycles. The molecule has 1 aromatic heterocycles. The van der Waals surface area contributed by atoms with Gasteiger partial charge in [-0.1, -0.05) is 50.1 Å². The number of halogens is 1. The van der Waals surface area contributed by atoms with Crippen LogP contribution in [-0.4, -0.2) is 9.78 Å². The minimum absolute atomic E-state index is 0.224. The minimum atomic E-state index is -0.224. The fourth-order valence-electron chi connectivity index (χ4n) is 2.22. The number of hydrogen-bond donors (Lipinski definition) is 0. The van der Waals surface area contributed by atoms with Crippen LogP contribution in [0.15, 0.2) is 18.2 Å². The summed E-state index contributed by atoms with van der Waals surface area (Å²) in [5, 5.41) is 14.3. The maximum atomic E-state index is 9.35. The lowest BCUT2D eigenvalue weighted by molar-refractivity contribution is 0.559. The molecule has 0 N–H and O–H groups in total. The van der Waals surface area contributed by atoms with Crippen molar-refractivity contribution in [2.45, 2.75) is 40.0 Å². The molecule has 3 nitrogen and oxygen atoms in total. The van der Waals surface area contributed by atoms with E-state index in [4.69, 9.17) is 11.6 Å². The lowest BCUT2D eigenvalue weighted by Gasteiger charge is -2.15. The van der Waals surface area contributed by atoms with E-state index in [1.165, 1.54) is 5.56 Å². The van der Waals surface area contributed by atoms with Gasteiger partial charge in [-0.3, -0.25) is 0 Å². The number of aryl methyl sites for hydroxylation is 2. The molecule has 0 fully saturated rings. The van der Waals surface area contributed by atoms with Crippen LogP contribution in [0.2, 0.25) is 5.15 Å². The lowest BCUT2D eigenvalue weighted by atomic mass is 9.90. The van der Waals surface area contributed by atoms with E-state index >= 15 is 0 Å². The second-order valence-corrected chi connectivity index (χ2v) is 6.44. The predicted molar refractivity (Wildman–Crippen MR) is 81.5 cm³/mol. The summed E-state index contributed by atoms with van der Waals surface area (Å²) < 4.78 is 1.66. The van der Waals surface area contributed by atoms with Gasteiger partial charge in [0.15, 0.2) is 5.15 Å². The summed E-state index contributed by atoms with van der Waals surface area (Å²) >= 11 is 6.36. The van der Waals surface area contributed by atoms with Gasteiger partial charge in [-0.2, -0.15) is 10.4 Å². The third kappa shape index (κ3) is 2.44. The average molecular weight is 288 g/mol. The van der Waals surface area contributed by atoms with Crippen LogP contribution in [0.5, 0.6) is 0 Å². The molecule has 2 aromatic rings. The number of benzene rings is 1. The zero-order valence-corrected chi connectivity index (χ0v) is 13.2. The van der Waals surface area contributed by atoms with Crippen molar-refractivity contribution in [1.29, 1.82) is 5.26 Å². The molecule has 4 heteroatoms. The monoisotopic (exact) mass is 287 g/mol. The molecule has 0 amide bonds. The highest BCUT2D eigenvalue weighted by Gasteiger charge is 2.27. The van der Waals surface area contributed by atoms with Gasteiger partial charge in [0.1, 0.15) is 11.6 Å². The van der Waals surface area contributed by atoms with Gasteiger partial charge in [0.05, 0.1) is 11.4 Å². The molecule has 0 spiro atoms. The topological polar surface area (TPSA) is 41.6 Å². The lowest BCUT2D eigenvalue weighted by Crippen LogP contribution is -2.14. The molecule has 0 radical (unpaired) electrons. The van der Waals surface area contributed by atoms with Gasteiger partial charge in [-0.25, -0.2) is 4.68 Å². The van der Waals surface area contributed by atoms with Gasteiger partial charge < -0.3 is 0 Å². The molecule has 0 saturated carbocycles. The Labute approximate surface area is 124 Å². The van der Waals surface area contributed by atoms with Crippen molar-refractivity contribution in [2.24, 2.45) is 0 Å². The highest BCUT2D eigenvalue weighted by Crippen LogP contribution is 2.31. The Kier molecular flexibility index (Phi) is 3.62. The Hall–Kier alpha value is -1.79. The maximum absolute atomic E-state index is 9.35. The number of hydrogen-bond acceptors (Lipinski definition) is 2. The number of nitrogens with zero attached hydrogens (tertiary/aromatic N) is 3. The Bertz CT molecular complexity index is 700. The molecule has 0 aliphatic rings. The summed E-state index contributed by atoms with van der Waals surface area (Å²) in [6.07, 6.45) is 0. The van der Waals surface area contributed by atoms with Gasteiger partial charge in [-0.15, -0.1) is 0 Å². The van der Waals surface area contributed by atoms with Gasteiger partial charge in [-0.05, 0) is 25.5 Å². The first kappa shape index (κ1) is 14.6. The smallest absolute Gasteiger partial charge is 0.150 e. The zero-order chi connectivity index (χ0) is 15.1. The zero-order valence-electron chi connectivity index (χ0n) is 12.5. The van der Waals surface area contributed by atoms with E-state index in [-0.39, 0.29) is 5.41 Å². The second-order valence-electron chi connectivity index (χ2n) is 6.08. The van der Waals surface area contributed by atoms with Crippen molar-refractivity contribution in [3.8, 4) is 11.8 Å². The largest absolute Gasteiger partial charge is 0.220 e. The second kappa shape index (κ2) is 4.96. The highest BCUT2D eigenvalue weighted by atomic mass is 35.5. The van der Waals surface area contributed by atoms with E-state index in [0.717, 1.165) is 16.9 Å². The molecule has 20 heavy (non-hydrogen) atoms. The van der Waals surface area contributed by atoms with Crippen LogP contribution in [0.1, 0.15) is 43.2 Å². The summed E-state index contributed by atoms with van der Waals surface area (Å²) in [6.45, 7) is 10.1. The van der Waals surface area contributed by atoms with Gasteiger partial charge >= 0.3 is 0 Å². The van der Waals surface area contributed by atoms with E-state index < -0.39 is 0 Å². The Morgan fingerprint density at radius 2 is 1.90 bits per heavy atom. The Morgan fingerprint density at radius 3 is 2.35 bits per heavy atom. The van der Waals surface area contributed by atoms with Crippen molar-refractivity contribution in [3.63, 3.8) is 0 Å². The predicted octanol–water partition coefficient (Wildman–Crippen LogP) is 4.31. The van der Waals surface area contributed by atoms with Crippen LogP contribution in [0.25, 0.3) is 5.69 Å². The molecular weight excluding hydrogens is 270 g/mol. The first-order valence-corrected chi connectivity index (χ1v) is 6.90. The van der Waals surface area contributed by atoms with Crippen molar-refractivity contribution >= 4 is 11.6 Å². The van der Waals surface area contributed by atoms with Crippen LogP contribution in [0.4, 0.5) is 0 Å². The van der Waals surface area contributed by atoms with Crippen molar-refractivity contribution < 1.29 is 0 Å². The number of rotatable bonds is 1. The fraction of sp³-hybridized carbons (Fsp3) is 0.375. The van der Waals surface area contributed by atoms with Crippen LogP contribution in [-0.2, 0) is 5.41 Å². The summed E-state index contributed by atoms with van der Waals surface area (Å²) in [5.41, 5.74) is 4.14. The highest BCUT2D eigenvalue weighted by molar-refractivity contribution is 6.31. The molecule has 2 rings (SSSR count). The summed E-state index contributed by atoms with van der Waals surface area (Å²) in [6, 6.07) is 8.26. The van der Waals surface area contributed by atoms with E-state index in [9.17, 15) is 5.26 Å². The van der Waals surface area contributed by atoms with Gasteiger partial charge in [0, 0.05) is 5.41 Å². The minimum Gasteiger partial charge on any atom is -0.220 e. The van der Waals surface area contributed by atoms with E-state index in [2.05, 4.69) is 17.2 Å². The SMILES string of the molecule is Cc1ccc(-n2nc(C(C)(C)C)c(C#N)c2Cl)c(C)c1. The normalized spacial score (nSPS) is 11.4. The summed E-state index contributed by atoms with van der Waals surface area (Å²) in [7, 11) is 0. The third-order valence-corrected chi connectivity index (χ3v) is 3.58. The van der Waals surface area contributed by atoms with Crippen LogP contribution in [0.3, 0.4) is 0 Å². The van der Waals surface area contributed by atoms with E-state index in [0.29, 0.717) is 10.7 Å². The van der Waals surface area contributed by atoms with Crippen LogP contribution in [0, 0.1) is 25.2 Å². The molecule has 0 atom stereocenters. The van der Waals surface area contributed by atoms with Gasteiger partial charge in [0.2, 0.25) is 0 Å². The molecule has 0 aliphatic heterocycles. The standard InChI is InChI=1S/C16H18ClN3/c1-10-6-7-13(11(2)8-10)20-15(17)12(9-18)14(19-20)16(3,4)5/h6-8H,1-5H3. The molecule has 104 valence electrons. The fourth-order valence-corrected chi connectivity index (χ4v) is 2.48. The molecule has 1 aromatic carbocycles. The summed E-state index contributed by atoms with van der Waals surface area (Å²) in [4.78, 5) is 0. The first-order chi connectivity index (χ1) is 9.25. The molecule has 0 aliphatic carbocycles. The van der Waals surface area contributed by atoms with Crippen molar-refractivity contribution in [3.05, 3.63) is 45.7 Å². The Balaban J connectivity index is 2.71. The number of nitriles is 1. The van der Waals surface area contributed by atoms with Crippen molar-refractivity contribution in [2.75, 3.05) is 0 Å². The first-order valence-electron chi connectivity index (χ1n) is 6.52. The Morgan fingerprint density at radius 1 is 1.25 bits per heavy atom. The van der Waals surface area contributed by atoms with Crippen LogP contribution >= 0.6 is 11.6 Å². The number of aromatic nitrogens is 2. The van der Waals surface area contributed by atoms with Crippen LogP contribution < -0.4 is 0 Å². The molecule has 0 bridgehead atoms. The molecule has 0 unspecified atom stereocenters. The molecular formula is C16H18ClN3. The van der Waals surface area contributed by atoms with Crippen molar-refractivity contribution in [1.82, 2.24) is 9.78 Å². The quantitative estimate of drug-likeness (QED) is 0.784.